The fourth-order valence-electron chi connectivity index (χ4n) is 5.09. The van der Waals surface area contributed by atoms with Crippen molar-refractivity contribution in [3.05, 3.63) is 71.6 Å². The van der Waals surface area contributed by atoms with Crippen LogP contribution in [0.4, 0.5) is 4.39 Å². The van der Waals surface area contributed by atoms with Gasteiger partial charge in [-0.2, -0.15) is 0 Å². The maximum Gasteiger partial charge on any atom is 0.331 e. The van der Waals surface area contributed by atoms with E-state index in [-0.39, 0.29) is 23.2 Å². The van der Waals surface area contributed by atoms with Gasteiger partial charge in [-0.05, 0) is 70.6 Å². The smallest absolute Gasteiger partial charge is 0.331 e. The van der Waals surface area contributed by atoms with E-state index in [0.717, 1.165) is 57.1 Å². The summed E-state index contributed by atoms with van der Waals surface area (Å²) < 4.78 is 13.3. The normalized spacial score (nSPS) is 19.4. The molecule has 0 bridgehead atoms. The molecule has 2 fully saturated rings. The number of aliphatic hydroxyl groups is 1. The number of aliphatic hydroxyl groups excluding tert-OH is 1. The molecule has 0 spiro atoms. The number of carboxylic acids is 1. The van der Waals surface area contributed by atoms with E-state index in [2.05, 4.69) is 13.5 Å². The van der Waals surface area contributed by atoms with Gasteiger partial charge in [0.15, 0.2) is 0 Å². The maximum atomic E-state index is 13.3. The van der Waals surface area contributed by atoms with E-state index in [9.17, 15) is 19.1 Å². The topological polar surface area (TPSA) is 77.8 Å². The molecule has 2 aliphatic rings. The first-order valence-corrected chi connectivity index (χ1v) is 13.9. The maximum absolute atomic E-state index is 13.3. The molecule has 1 aliphatic heterocycles. The zero-order valence-electron chi connectivity index (χ0n) is 24.0. The molecule has 1 heterocycles. The molecule has 1 aromatic carbocycles. The Kier molecular flexibility index (Phi) is 14.9. The molecular formula is C32H48FNO4. The third-order valence-electron chi connectivity index (χ3n) is 6.98. The molecule has 1 amide bonds. The van der Waals surface area contributed by atoms with Crippen LogP contribution in [0.5, 0.6) is 0 Å². The van der Waals surface area contributed by atoms with Gasteiger partial charge in [-0.15, -0.1) is 6.58 Å². The van der Waals surface area contributed by atoms with Crippen molar-refractivity contribution in [2.24, 2.45) is 0 Å². The molecule has 1 aromatic rings. The van der Waals surface area contributed by atoms with Gasteiger partial charge in [-0.25, -0.2) is 9.18 Å². The molecule has 1 aliphatic carbocycles. The fourth-order valence-corrected chi connectivity index (χ4v) is 5.09. The third kappa shape index (κ3) is 10.2. The number of carboxylic acid groups (broad SMARTS) is 1. The lowest BCUT2D eigenvalue weighted by Crippen LogP contribution is -2.37. The molecule has 38 heavy (non-hydrogen) atoms. The summed E-state index contributed by atoms with van der Waals surface area (Å²) in [5.74, 6) is -0.832. The van der Waals surface area contributed by atoms with Crippen molar-refractivity contribution < 1.29 is 24.2 Å². The lowest BCUT2D eigenvalue weighted by atomic mass is 9.74. The summed E-state index contributed by atoms with van der Waals surface area (Å²) in [6, 6.07) is 6.66. The molecule has 6 heteroatoms. The molecular weight excluding hydrogens is 481 g/mol. The summed E-state index contributed by atoms with van der Waals surface area (Å²) in [5, 5.41) is 19.4. The number of likely N-dealkylation sites (tertiary alicyclic amines) is 1. The Morgan fingerprint density at radius 1 is 1.18 bits per heavy atom. The first kappa shape index (κ1) is 33.3. The van der Waals surface area contributed by atoms with Crippen LogP contribution in [0.3, 0.4) is 0 Å². The SMILES string of the molecule is C/C=C(\CCC)C(=O)O.C=C(C)C.CCCN1C(=O)CCC1/C=C/C(O)C1(c2ccc(F)cc2)CCCC1. The number of halogens is 1. The second-order valence-corrected chi connectivity index (χ2v) is 10.5. The number of carbonyl (C=O) groups excluding carboxylic acids is 1. The Morgan fingerprint density at radius 3 is 2.21 bits per heavy atom. The predicted molar refractivity (Wildman–Crippen MR) is 154 cm³/mol. The van der Waals surface area contributed by atoms with Crippen molar-refractivity contribution in [2.45, 2.75) is 110 Å². The number of rotatable bonds is 9. The highest BCUT2D eigenvalue weighted by atomic mass is 19.1. The number of amides is 1. The van der Waals surface area contributed by atoms with Gasteiger partial charge < -0.3 is 15.1 Å². The quantitative estimate of drug-likeness (QED) is 0.259. The Balaban J connectivity index is 0.000000464. The van der Waals surface area contributed by atoms with Crippen LogP contribution >= 0.6 is 0 Å². The van der Waals surface area contributed by atoms with Crippen LogP contribution in [0, 0.1) is 5.82 Å². The molecule has 2 atom stereocenters. The van der Waals surface area contributed by atoms with Gasteiger partial charge >= 0.3 is 5.97 Å². The van der Waals surface area contributed by atoms with E-state index in [4.69, 9.17) is 5.11 Å². The highest BCUT2D eigenvalue weighted by molar-refractivity contribution is 5.86. The first-order valence-electron chi connectivity index (χ1n) is 13.9. The first-order chi connectivity index (χ1) is 18.0. The number of carbonyl (C=O) groups is 2. The minimum Gasteiger partial charge on any atom is -0.478 e. The second-order valence-electron chi connectivity index (χ2n) is 10.5. The second kappa shape index (κ2) is 17.0. The summed E-state index contributed by atoms with van der Waals surface area (Å²) in [5.41, 5.74) is 2.36. The van der Waals surface area contributed by atoms with E-state index >= 15 is 0 Å². The van der Waals surface area contributed by atoms with Crippen molar-refractivity contribution >= 4 is 11.9 Å². The minimum absolute atomic E-state index is 0.0915. The van der Waals surface area contributed by atoms with Crippen molar-refractivity contribution in [2.75, 3.05) is 6.54 Å². The summed E-state index contributed by atoms with van der Waals surface area (Å²) >= 11 is 0. The number of nitrogens with zero attached hydrogens (tertiary/aromatic N) is 1. The largest absolute Gasteiger partial charge is 0.478 e. The Labute approximate surface area is 229 Å². The molecule has 212 valence electrons. The van der Waals surface area contributed by atoms with E-state index in [0.29, 0.717) is 18.4 Å². The Morgan fingerprint density at radius 2 is 1.76 bits per heavy atom. The van der Waals surface area contributed by atoms with E-state index in [1.807, 2.05) is 37.8 Å². The summed E-state index contributed by atoms with van der Waals surface area (Å²) in [6.07, 6.45) is 12.8. The highest BCUT2D eigenvalue weighted by Gasteiger charge is 2.41. The molecule has 2 unspecified atom stereocenters. The molecule has 1 saturated heterocycles. The van der Waals surface area contributed by atoms with Gasteiger partial charge in [0.25, 0.3) is 0 Å². The fraction of sp³-hybridized carbons (Fsp3) is 0.562. The van der Waals surface area contributed by atoms with Crippen molar-refractivity contribution in [3.8, 4) is 0 Å². The van der Waals surface area contributed by atoms with Gasteiger partial charge in [0.1, 0.15) is 5.82 Å². The highest BCUT2D eigenvalue weighted by Crippen LogP contribution is 2.44. The van der Waals surface area contributed by atoms with Crippen LogP contribution in [-0.2, 0) is 15.0 Å². The van der Waals surface area contributed by atoms with Crippen LogP contribution in [0.15, 0.2) is 60.2 Å². The van der Waals surface area contributed by atoms with Crippen molar-refractivity contribution in [3.63, 3.8) is 0 Å². The van der Waals surface area contributed by atoms with Crippen LogP contribution in [0.1, 0.15) is 98.0 Å². The van der Waals surface area contributed by atoms with Crippen molar-refractivity contribution in [1.82, 2.24) is 4.90 Å². The van der Waals surface area contributed by atoms with Crippen molar-refractivity contribution in [1.29, 1.82) is 0 Å². The zero-order chi connectivity index (χ0) is 28.7. The number of aliphatic carboxylic acids is 1. The van der Waals surface area contributed by atoms with Gasteiger partial charge in [0.05, 0.1) is 12.1 Å². The monoisotopic (exact) mass is 529 g/mol. The molecule has 0 radical (unpaired) electrons. The summed E-state index contributed by atoms with van der Waals surface area (Å²) in [6.45, 7) is 14.1. The third-order valence-corrected chi connectivity index (χ3v) is 6.98. The molecule has 2 N–H and O–H groups in total. The number of hydrogen-bond acceptors (Lipinski definition) is 3. The molecule has 0 aromatic heterocycles. The molecule has 1 saturated carbocycles. The van der Waals surface area contributed by atoms with E-state index in [1.54, 1.807) is 25.1 Å². The minimum atomic E-state index is -0.792. The predicted octanol–water partition coefficient (Wildman–Crippen LogP) is 7.36. The van der Waals surface area contributed by atoms with Gasteiger partial charge in [-0.3, -0.25) is 4.79 Å². The molecule has 5 nitrogen and oxygen atoms in total. The summed E-state index contributed by atoms with van der Waals surface area (Å²) in [7, 11) is 0. The lowest BCUT2D eigenvalue weighted by molar-refractivity contribution is -0.133. The molecule has 3 rings (SSSR count). The van der Waals surface area contributed by atoms with Gasteiger partial charge in [0, 0.05) is 24.0 Å². The standard InChI is InChI=1S/C21H28FNO2.C7H12O2.C4H8/c1-2-15-23-18(10-12-20(23)25)9-11-19(24)21(13-3-4-14-21)16-5-7-17(22)8-6-16;1-3-5-6(4-2)7(8)9;1-4(2)3/h5-9,11,18-19,24H,2-4,10,12-15H2,1H3;4H,3,5H2,1-2H3,(H,8,9);1H2,2-3H3/b11-9+;6-4+;. The van der Waals surface area contributed by atoms with Gasteiger partial charge in [-0.1, -0.05) is 69.0 Å². The van der Waals surface area contributed by atoms with Crippen LogP contribution in [0.25, 0.3) is 0 Å². The summed E-state index contributed by atoms with van der Waals surface area (Å²) in [4.78, 5) is 24.2. The van der Waals surface area contributed by atoms with E-state index in [1.165, 1.54) is 17.7 Å². The average Bonchev–Trinajstić information content (AvgIpc) is 3.50. The van der Waals surface area contributed by atoms with Crippen LogP contribution < -0.4 is 0 Å². The Bertz CT molecular complexity index is 941. The average molecular weight is 530 g/mol. The van der Waals surface area contributed by atoms with E-state index < -0.39 is 12.1 Å². The number of allylic oxidation sites excluding steroid dienone is 2. The van der Waals surface area contributed by atoms with Crippen LogP contribution in [-0.4, -0.2) is 45.7 Å². The lowest BCUT2D eigenvalue weighted by Gasteiger charge is -2.34. The number of benzene rings is 1. The zero-order valence-corrected chi connectivity index (χ0v) is 24.0. The van der Waals surface area contributed by atoms with Gasteiger partial charge in [0.2, 0.25) is 5.91 Å². The van der Waals surface area contributed by atoms with Crippen LogP contribution in [0.2, 0.25) is 0 Å². The Hall–Kier alpha value is -2.73. The number of hydrogen-bond donors (Lipinski definition) is 2.